The SMILES string of the molecule is O=CN(O)CC=CCCC(=O)O. The highest BCUT2D eigenvalue weighted by atomic mass is 16.5. The largest absolute Gasteiger partial charge is 0.481 e. The Hall–Kier alpha value is -1.36. The quantitative estimate of drug-likeness (QED) is 0.261. The Morgan fingerprint density at radius 1 is 1.42 bits per heavy atom. The van der Waals surface area contributed by atoms with Crippen LogP contribution in [0.25, 0.3) is 0 Å². The molecule has 0 radical (unpaired) electrons. The van der Waals surface area contributed by atoms with Crippen molar-refractivity contribution in [2.24, 2.45) is 0 Å². The Bertz CT molecular complexity index is 178. The van der Waals surface area contributed by atoms with Crippen molar-refractivity contribution in [3.63, 3.8) is 0 Å². The first kappa shape index (κ1) is 10.6. The minimum atomic E-state index is -0.865. The Labute approximate surface area is 69.9 Å². The number of aliphatic carboxylic acids is 1. The molecule has 5 heteroatoms. The van der Waals surface area contributed by atoms with Crippen molar-refractivity contribution in [3.8, 4) is 0 Å². The zero-order valence-electron chi connectivity index (χ0n) is 6.51. The van der Waals surface area contributed by atoms with Gasteiger partial charge in [0.15, 0.2) is 0 Å². The molecule has 0 atom stereocenters. The van der Waals surface area contributed by atoms with E-state index in [-0.39, 0.29) is 19.4 Å². The topological polar surface area (TPSA) is 77.8 Å². The third-order valence-corrected chi connectivity index (χ3v) is 1.11. The lowest BCUT2D eigenvalue weighted by molar-refractivity contribution is -0.147. The van der Waals surface area contributed by atoms with Crippen LogP contribution in [-0.2, 0) is 9.59 Å². The monoisotopic (exact) mass is 173 g/mol. The Kier molecular flexibility index (Phi) is 5.64. The van der Waals surface area contributed by atoms with Crippen LogP contribution in [0.1, 0.15) is 12.8 Å². The molecule has 0 unspecified atom stereocenters. The maximum atomic E-state index is 10.0. The number of nitrogens with zero attached hydrogens (tertiary/aromatic N) is 1. The second-order valence-electron chi connectivity index (χ2n) is 2.13. The lowest BCUT2D eigenvalue weighted by Gasteiger charge is -2.02. The molecule has 0 saturated carbocycles. The molecule has 0 spiro atoms. The van der Waals surface area contributed by atoms with Crippen molar-refractivity contribution in [1.82, 2.24) is 5.06 Å². The van der Waals surface area contributed by atoms with Gasteiger partial charge in [-0.1, -0.05) is 12.2 Å². The number of carbonyl (C=O) groups excluding carboxylic acids is 1. The number of hydrogen-bond acceptors (Lipinski definition) is 3. The number of allylic oxidation sites excluding steroid dienone is 1. The Balaban J connectivity index is 3.37. The van der Waals surface area contributed by atoms with Gasteiger partial charge in [0.2, 0.25) is 6.41 Å². The van der Waals surface area contributed by atoms with Gasteiger partial charge >= 0.3 is 5.97 Å². The summed E-state index contributed by atoms with van der Waals surface area (Å²) in [5.74, 6) is -0.865. The van der Waals surface area contributed by atoms with Crippen LogP contribution < -0.4 is 0 Å². The highest BCUT2D eigenvalue weighted by molar-refractivity contribution is 5.66. The van der Waals surface area contributed by atoms with Gasteiger partial charge in [-0.2, -0.15) is 0 Å². The van der Waals surface area contributed by atoms with Crippen LogP contribution in [0.2, 0.25) is 0 Å². The molecule has 12 heavy (non-hydrogen) atoms. The summed E-state index contributed by atoms with van der Waals surface area (Å²) in [6.45, 7) is 0.0864. The second-order valence-corrected chi connectivity index (χ2v) is 2.13. The van der Waals surface area contributed by atoms with Crippen molar-refractivity contribution >= 4 is 12.4 Å². The fourth-order valence-corrected chi connectivity index (χ4v) is 0.550. The average molecular weight is 173 g/mol. The molecule has 0 aliphatic rings. The molecule has 0 aromatic carbocycles. The number of carbonyl (C=O) groups is 2. The van der Waals surface area contributed by atoms with Crippen molar-refractivity contribution < 1.29 is 19.9 Å². The number of carboxylic acid groups (broad SMARTS) is 1. The van der Waals surface area contributed by atoms with Crippen LogP contribution in [0.3, 0.4) is 0 Å². The Morgan fingerprint density at radius 2 is 2.08 bits per heavy atom. The zero-order valence-corrected chi connectivity index (χ0v) is 6.51. The van der Waals surface area contributed by atoms with Crippen molar-refractivity contribution in [2.45, 2.75) is 12.8 Å². The van der Waals surface area contributed by atoms with E-state index in [1.807, 2.05) is 0 Å². The molecule has 0 bridgehead atoms. The third-order valence-electron chi connectivity index (χ3n) is 1.11. The zero-order chi connectivity index (χ0) is 9.40. The lowest BCUT2D eigenvalue weighted by Crippen LogP contribution is -2.15. The van der Waals surface area contributed by atoms with Gasteiger partial charge in [0.25, 0.3) is 0 Å². The van der Waals surface area contributed by atoms with E-state index in [0.29, 0.717) is 11.5 Å². The van der Waals surface area contributed by atoms with E-state index in [9.17, 15) is 9.59 Å². The molecule has 68 valence electrons. The fraction of sp³-hybridized carbons (Fsp3) is 0.429. The summed E-state index contributed by atoms with van der Waals surface area (Å²) < 4.78 is 0. The predicted molar refractivity (Wildman–Crippen MR) is 40.6 cm³/mol. The van der Waals surface area contributed by atoms with Crippen LogP contribution in [0.15, 0.2) is 12.2 Å². The van der Waals surface area contributed by atoms with Crippen LogP contribution in [0, 0.1) is 0 Å². The van der Waals surface area contributed by atoms with Gasteiger partial charge in [0.1, 0.15) is 0 Å². The number of hydrogen-bond donors (Lipinski definition) is 2. The van der Waals surface area contributed by atoms with Gasteiger partial charge in [-0.25, -0.2) is 5.06 Å². The fourth-order valence-electron chi connectivity index (χ4n) is 0.550. The van der Waals surface area contributed by atoms with Gasteiger partial charge in [0, 0.05) is 6.42 Å². The lowest BCUT2D eigenvalue weighted by atomic mass is 10.3. The normalized spacial score (nSPS) is 10.1. The van der Waals surface area contributed by atoms with Gasteiger partial charge < -0.3 is 5.11 Å². The molecule has 0 aliphatic carbocycles. The van der Waals surface area contributed by atoms with E-state index < -0.39 is 5.97 Å². The summed E-state index contributed by atoms with van der Waals surface area (Å²) in [6, 6.07) is 0. The molecule has 0 rings (SSSR count). The van der Waals surface area contributed by atoms with E-state index in [0.717, 1.165) is 0 Å². The summed E-state index contributed by atoms with van der Waals surface area (Å²) in [5, 5.41) is 17.3. The van der Waals surface area contributed by atoms with Gasteiger partial charge in [-0.3, -0.25) is 14.8 Å². The Morgan fingerprint density at radius 3 is 2.58 bits per heavy atom. The van der Waals surface area contributed by atoms with Crippen molar-refractivity contribution in [2.75, 3.05) is 6.54 Å². The summed E-state index contributed by atoms with van der Waals surface area (Å²) in [6.07, 6.45) is 3.87. The van der Waals surface area contributed by atoms with Crippen LogP contribution in [0.5, 0.6) is 0 Å². The van der Waals surface area contributed by atoms with E-state index >= 15 is 0 Å². The molecule has 0 aromatic heterocycles. The molecule has 0 fully saturated rings. The molecule has 0 saturated heterocycles. The maximum absolute atomic E-state index is 10.0. The molecule has 0 aromatic rings. The summed E-state index contributed by atoms with van der Waals surface area (Å²) in [7, 11) is 0. The first-order valence-electron chi connectivity index (χ1n) is 3.44. The molecule has 1 amide bonds. The van der Waals surface area contributed by atoms with Crippen LogP contribution in [-0.4, -0.2) is 34.3 Å². The minimum absolute atomic E-state index is 0.0585. The number of hydroxylamine groups is 2. The number of amides is 1. The molecule has 0 aliphatic heterocycles. The van der Waals surface area contributed by atoms with Gasteiger partial charge in [-0.05, 0) is 6.42 Å². The van der Waals surface area contributed by atoms with E-state index in [2.05, 4.69) is 0 Å². The molecular formula is C7H11NO4. The molecule has 0 heterocycles. The summed E-state index contributed by atoms with van der Waals surface area (Å²) >= 11 is 0. The standard InChI is InChI=1S/C7H11NO4/c9-6-8(12)5-3-1-2-4-7(10)11/h1,3,6,12H,2,4-5H2,(H,10,11). The second kappa shape index (κ2) is 6.36. The third kappa shape index (κ3) is 6.76. The van der Waals surface area contributed by atoms with Crippen LogP contribution >= 0.6 is 0 Å². The molecule has 2 N–H and O–H groups in total. The highest BCUT2D eigenvalue weighted by Gasteiger charge is 1.92. The number of carboxylic acids is 1. The summed E-state index contributed by atoms with van der Waals surface area (Å²) in [5.41, 5.74) is 0. The van der Waals surface area contributed by atoms with Crippen molar-refractivity contribution in [1.29, 1.82) is 0 Å². The highest BCUT2D eigenvalue weighted by Crippen LogP contribution is 1.90. The molecular weight excluding hydrogens is 162 g/mol. The van der Waals surface area contributed by atoms with Crippen molar-refractivity contribution in [3.05, 3.63) is 12.2 Å². The summed E-state index contributed by atoms with van der Waals surface area (Å²) in [4.78, 5) is 19.8. The van der Waals surface area contributed by atoms with E-state index in [1.54, 1.807) is 6.08 Å². The van der Waals surface area contributed by atoms with E-state index in [1.165, 1.54) is 6.08 Å². The number of rotatable bonds is 6. The first-order chi connectivity index (χ1) is 5.66. The minimum Gasteiger partial charge on any atom is -0.481 e. The first-order valence-corrected chi connectivity index (χ1v) is 3.44. The van der Waals surface area contributed by atoms with E-state index in [4.69, 9.17) is 10.3 Å². The molecule has 5 nitrogen and oxygen atoms in total. The maximum Gasteiger partial charge on any atom is 0.303 e. The average Bonchev–Trinajstić information content (AvgIpc) is 2.03. The van der Waals surface area contributed by atoms with Crippen LogP contribution in [0.4, 0.5) is 0 Å². The smallest absolute Gasteiger partial charge is 0.303 e. The predicted octanol–water partition coefficient (Wildman–Crippen LogP) is 0.255. The van der Waals surface area contributed by atoms with Gasteiger partial charge in [0.05, 0.1) is 6.54 Å². The van der Waals surface area contributed by atoms with Gasteiger partial charge in [-0.15, -0.1) is 0 Å².